The number of rotatable bonds is 7. The van der Waals surface area contributed by atoms with Gasteiger partial charge in [0.25, 0.3) is 0 Å². The van der Waals surface area contributed by atoms with Crippen molar-refractivity contribution < 1.29 is 9.90 Å². The third kappa shape index (κ3) is 4.49. The summed E-state index contributed by atoms with van der Waals surface area (Å²) in [6.07, 6.45) is 5.12. The first-order chi connectivity index (χ1) is 14.2. The van der Waals surface area contributed by atoms with Crippen LogP contribution in [-0.2, 0) is 11.2 Å². The highest BCUT2D eigenvalue weighted by atomic mass is 16.3. The molecule has 0 spiro atoms. The van der Waals surface area contributed by atoms with Crippen molar-refractivity contribution in [2.45, 2.75) is 18.9 Å². The molecule has 1 amide bonds. The number of nitrogens with zero attached hydrogens (tertiary/aromatic N) is 1. The van der Waals surface area contributed by atoms with E-state index in [2.05, 4.69) is 40.2 Å². The number of benzene rings is 3. The molecule has 0 saturated carbocycles. The number of hydrogen-bond acceptors (Lipinski definition) is 2. The van der Waals surface area contributed by atoms with E-state index in [1.54, 1.807) is 12.1 Å². The van der Waals surface area contributed by atoms with Crippen LogP contribution in [0.15, 0.2) is 91.3 Å². The smallest absolute Gasteiger partial charge is 0.222 e. The van der Waals surface area contributed by atoms with Gasteiger partial charge >= 0.3 is 0 Å². The monoisotopic (exact) mass is 384 g/mol. The lowest BCUT2D eigenvalue weighted by molar-refractivity contribution is -0.121. The molecule has 2 N–H and O–H groups in total. The van der Waals surface area contributed by atoms with Crippen molar-refractivity contribution in [3.63, 3.8) is 0 Å². The van der Waals surface area contributed by atoms with Crippen LogP contribution in [0.25, 0.3) is 10.8 Å². The fourth-order valence-electron chi connectivity index (χ4n) is 3.73. The number of carbonyl (C=O) groups excluding carboxylic acids is 1. The van der Waals surface area contributed by atoms with E-state index < -0.39 is 0 Å². The van der Waals surface area contributed by atoms with Gasteiger partial charge in [-0.25, -0.2) is 0 Å². The summed E-state index contributed by atoms with van der Waals surface area (Å²) >= 11 is 0. The molecule has 0 aliphatic rings. The Morgan fingerprint density at radius 1 is 0.897 bits per heavy atom. The van der Waals surface area contributed by atoms with E-state index in [0.29, 0.717) is 13.0 Å². The lowest BCUT2D eigenvalue weighted by atomic mass is 9.96. The van der Waals surface area contributed by atoms with Gasteiger partial charge < -0.3 is 15.0 Å². The molecule has 1 atom stereocenters. The fraction of sp³-hybridized carbons (Fsp3) is 0.160. The number of phenolic OH excluding ortho intramolecular Hbond substituents is 1. The molecular formula is C25H24N2O2. The zero-order valence-electron chi connectivity index (χ0n) is 16.2. The third-order valence-corrected chi connectivity index (χ3v) is 5.22. The van der Waals surface area contributed by atoms with Gasteiger partial charge in [0.2, 0.25) is 5.91 Å². The van der Waals surface area contributed by atoms with Gasteiger partial charge in [0.1, 0.15) is 5.75 Å². The van der Waals surface area contributed by atoms with E-state index in [1.807, 2.05) is 48.8 Å². The highest BCUT2D eigenvalue weighted by Crippen LogP contribution is 2.29. The van der Waals surface area contributed by atoms with Crippen molar-refractivity contribution in [2.24, 2.45) is 0 Å². The molecule has 4 rings (SSSR count). The highest BCUT2D eigenvalue weighted by Gasteiger charge is 2.19. The maximum atomic E-state index is 12.7. The molecule has 29 heavy (non-hydrogen) atoms. The van der Waals surface area contributed by atoms with E-state index in [4.69, 9.17) is 0 Å². The summed E-state index contributed by atoms with van der Waals surface area (Å²) < 4.78 is 2.10. The molecular weight excluding hydrogens is 360 g/mol. The highest BCUT2D eigenvalue weighted by molar-refractivity contribution is 5.87. The van der Waals surface area contributed by atoms with Crippen LogP contribution in [0, 0.1) is 0 Å². The predicted octanol–water partition coefficient (Wildman–Crippen LogP) is 4.69. The molecule has 0 radical (unpaired) electrons. The zero-order valence-corrected chi connectivity index (χ0v) is 16.2. The van der Waals surface area contributed by atoms with Crippen molar-refractivity contribution in [3.8, 4) is 5.75 Å². The average Bonchev–Trinajstić information content (AvgIpc) is 3.28. The van der Waals surface area contributed by atoms with Crippen molar-refractivity contribution in [1.82, 2.24) is 9.88 Å². The van der Waals surface area contributed by atoms with Gasteiger partial charge in [0.05, 0.1) is 12.5 Å². The van der Waals surface area contributed by atoms with Crippen molar-refractivity contribution in [3.05, 3.63) is 102 Å². The van der Waals surface area contributed by atoms with Crippen LogP contribution in [-0.4, -0.2) is 22.1 Å². The Morgan fingerprint density at radius 3 is 2.41 bits per heavy atom. The first-order valence-electron chi connectivity index (χ1n) is 9.85. The fourth-order valence-corrected chi connectivity index (χ4v) is 3.73. The number of nitrogens with one attached hydrogen (secondary N) is 1. The van der Waals surface area contributed by atoms with Crippen molar-refractivity contribution >= 4 is 16.7 Å². The topological polar surface area (TPSA) is 54.3 Å². The second kappa shape index (κ2) is 8.65. The minimum absolute atomic E-state index is 0.0235. The number of aromatic nitrogens is 1. The molecule has 0 fully saturated rings. The summed E-state index contributed by atoms with van der Waals surface area (Å²) in [4.78, 5) is 12.7. The number of carbonyl (C=O) groups is 1. The van der Waals surface area contributed by atoms with Crippen molar-refractivity contribution in [2.75, 3.05) is 6.54 Å². The molecule has 0 unspecified atom stereocenters. The van der Waals surface area contributed by atoms with E-state index >= 15 is 0 Å². The Bertz CT molecular complexity index is 1080. The molecule has 4 heteroatoms. The number of amides is 1. The summed E-state index contributed by atoms with van der Waals surface area (Å²) in [5.74, 6) is 0.276. The van der Waals surface area contributed by atoms with Crippen LogP contribution in [0.1, 0.15) is 23.6 Å². The molecule has 4 nitrogen and oxygen atoms in total. The second-order valence-corrected chi connectivity index (χ2v) is 7.18. The molecule has 0 bridgehead atoms. The van der Waals surface area contributed by atoms with E-state index in [0.717, 1.165) is 17.5 Å². The van der Waals surface area contributed by atoms with E-state index in [9.17, 15) is 9.90 Å². The van der Waals surface area contributed by atoms with Gasteiger partial charge in [0, 0.05) is 18.9 Å². The Labute approximate surface area is 170 Å². The largest absolute Gasteiger partial charge is 0.508 e. The van der Waals surface area contributed by atoms with Crippen LogP contribution in [0.2, 0.25) is 0 Å². The lowest BCUT2D eigenvalue weighted by Crippen LogP contribution is -2.28. The van der Waals surface area contributed by atoms with Crippen LogP contribution in [0.3, 0.4) is 0 Å². The van der Waals surface area contributed by atoms with Gasteiger partial charge in [-0.1, -0.05) is 54.6 Å². The Balaban J connectivity index is 1.49. The molecule has 4 aromatic rings. The second-order valence-electron chi connectivity index (χ2n) is 7.18. The van der Waals surface area contributed by atoms with Crippen LogP contribution in [0.5, 0.6) is 5.75 Å². The van der Waals surface area contributed by atoms with E-state index in [1.165, 1.54) is 10.8 Å². The summed E-state index contributed by atoms with van der Waals surface area (Å²) in [7, 11) is 0. The van der Waals surface area contributed by atoms with E-state index in [-0.39, 0.29) is 17.7 Å². The minimum atomic E-state index is -0.0650. The maximum Gasteiger partial charge on any atom is 0.222 e. The number of fused-ring (bicyclic) bond motifs is 1. The van der Waals surface area contributed by atoms with Crippen LogP contribution < -0.4 is 5.32 Å². The zero-order chi connectivity index (χ0) is 20.1. The van der Waals surface area contributed by atoms with Gasteiger partial charge in [-0.3, -0.25) is 4.79 Å². The molecule has 3 aromatic carbocycles. The first kappa shape index (κ1) is 18.8. The van der Waals surface area contributed by atoms with Crippen molar-refractivity contribution in [1.29, 1.82) is 0 Å². The Hall–Kier alpha value is -3.53. The average molecular weight is 384 g/mol. The minimum Gasteiger partial charge on any atom is -0.508 e. The number of phenols is 1. The molecule has 1 heterocycles. The molecule has 0 saturated heterocycles. The quantitative estimate of drug-likeness (QED) is 0.486. The van der Waals surface area contributed by atoms with Gasteiger partial charge in [0.15, 0.2) is 0 Å². The van der Waals surface area contributed by atoms with Gasteiger partial charge in [-0.2, -0.15) is 0 Å². The SMILES string of the molecule is O=C(C[C@@H](c1cccc2ccccc12)n1cccc1)NCCc1ccc(O)cc1. The molecule has 0 aliphatic carbocycles. The van der Waals surface area contributed by atoms with Crippen LogP contribution in [0.4, 0.5) is 0 Å². The van der Waals surface area contributed by atoms with Gasteiger partial charge in [-0.05, 0) is 52.6 Å². The molecule has 146 valence electrons. The van der Waals surface area contributed by atoms with Crippen LogP contribution >= 0.6 is 0 Å². The third-order valence-electron chi connectivity index (χ3n) is 5.22. The lowest BCUT2D eigenvalue weighted by Gasteiger charge is -2.21. The molecule has 1 aromatic heterocycles. The first-order valence-corrected chi connectivity index (χ1v) is 9.85. The maximum absolute atomic E-state index is 12.7. The summed E-state index contributed by atoms with van der Waals surface area (Å²) in [5, 5.41) is 14.8. The Morgan fingerprint density at radius 2 is 1.62 bits per heavy atom. The summed E-state index contributed by atoms with van der Waals surface area (Å²) in [5.41, 5.74) is 2.23. The van der Waals surface area contributed by atoms with Gasteiger partial charge in [-0.15, -0.1) is 0 Å². The Kier molecular flexibility index (Phi) is 5.61. The number of hydrogen-bond donors (Lipinski definition) is 2. The molecule has 0 aliphatic heterocycles. The summed E-state index contributed by atoms with van der Waals surface area (Å²) in [6.45, 7) is 0.567. The summed E-state index contributed by atoms with van der Waals surface area (Å²) in [6, 6.07) is 25.5. The standard InChI is InChI=1S/C25H24N2O2/c28-21-12-10-19(11-13-21)14-15-26-25(29)18-24(27-16-3-4-17-27)23-9-5-7-20-6-1-2-8-22(20)23/h1-13,16-17,24,28H,14-15,18H2,(H,26,29)/t24-/m0/s1. The predicted molar refractivity (Wildman–Crippen MR) is 116 cm³/mol. The number of aromatic hydroxyl groups is 1. The normalized spacial score (nSPS) is 12.0.